The third-order valence-electron chi connectivity index (χ3n) is 6.02. The lowest BCUT2D eigenvalue weighted by atomic mass is 9.86. The van der Waals surface area contributed by atoms with Crippen LogP contribution >= 0.6 is 0 Å². The van der Waals surface area contributed by atoms with Crippen molar-refractivity contribution >= 4 is 5.91 Å². The van der Waals surface area contributed by atoms with E-state index in [2.05, 4.69) is 17.1 Å². The van der Waals surface area contributed by atoms with E-state index in [4.69, 9.17) is 4.74 Å². The lowest BCUT2D eigenvalue weighted by Gasteiger charge is -2.37. The van der Waals surface area contributed by atoms with Gasteiger partial charge >= 0.3 is 6.18 Å². The third kappa shape index (κ3) is 5.85. The predicted molar refractivity (Wildman–Crippen MR) is 105 cm³/mol. The van der Waals surface area contributed by atoms with Crippen LogP contribution in [0.25, 0.3) is 0 Å². The molecule has 8 heteroatoms. The summed E-state index contributed by atoms with van der Waals surface area (Å²) in [5.41, 5.74) is 0.932. The van der Waals surface area contributed by atoms with Crippen molar-refractivity contribution in [2.24, 2.45) is 0 Å². The van der Waals surface area contributed by atoms with Gasteiger partial charge in [0, 0.05) is 39.1 Å². The predicted octanol–water partition coefficient (Wildman–Crippen LogP) is 3.02. The first-order chi connectivity index (χ1) is 13.7. The Labute approximate surface area is 170 Å². The van der Waals surface area contributed by atoms with E-state index in [-0.39, 0.29) is 24.3 Å². The van der Waals surface area contributed by atoms with Crippen molar-refractivity contribution in [1.29, 1.82) is 0 Å². The van der Waals surface area contributed by atoms with Crippen LogP contribution < -0.4 is 10.1 Å². The molecule has 2 aliphatic heterocycles. The second-order valence-electron chi connectivity index (χ2n) is 8.04. The van der Waals surface area contributed by atoms with Gasteiger partial charge in [-0.3, -0.25) is 9.69 Å². The number of hydrogen-bond acceptors (Lipinski definition) is 4. The van der Waals surface area contributed by atoms with E-state index < -0.39 is 12.2 Å². The molecule has 29 heavy (non-hydrogen) atoms. The van der Waals surface area contributed by atoms with Crippen LogP contribution in [0.3, 0.4) is 0 Å². The number of piperidine rings is 1. The summed E-state index contributed by atoms with van der Waals surface area (Å²) in [6.45, 7) is 7.75. The molecule has 2 fully saturated rings. The van der Waals surface area contributed by atoms with Gasteiger partial charge in [0.25, 0.3) is 0 Å². The van der Waals surface area contributed by atoms with Crippen LogP contribution in [0.1, 0.15) is 38.2 Å². The first-order valence-corrected chi connectivity index (χ1v) is 10.3. The molecule has 1 aromatic rings. The Morgan fingerprint density at radius 2 is 1.86 bits per heavy atom. The molecule has 0 aliphatic carbocycles. The smallest absolute Gasteiger partial charge is 0.403 e. The fourth-order valence-electron chi connectivity index (χ4n) is 4.11. The summed E-state index contributed by atoms with van der Waals surface area (Å²) in [5.74, 6) is 0.752. The van der Waals surface area contributed by atoms with Gasteiger partial charge in [-0.1, -0.05) is 12.1 Å². The van der Waals surface area contributed by atoms with Gasteiger partial charge in [0.15, 0.2) is 0 Å². The summed E-state index contributed by atoms with van der Waals surface area (Å²) in [4.78, 5) is 15.6. The second kappa shape index (κ2) is 9.34. The number of nitrogens with zero attached hydrogens (tertiary/aromatic N) is 2. The summed E-state index contributed by atoms with van der Waals surface area (Å²) in [6.07, 6.45) is -3.42. The Morgan fingerprint density at radius 1 is 1.21 bits per heavy atom. The molecule has 3 atom stereocenters. The fourth-order valence-corrected chi connectivity index (χ4v) is 4.11. The zero-order chi connectivity index (χ0) is 21.0. The average molecular weight is 413 g/mol. The van der Waals surface area contributed by atoms with Crippen molar-refractivity contribution in [2.45, 2.75) is 50.9 Å². The monoisotopic (exact) mass is 413 g/mol. The van der Waals surface area contributed by atoms with Gasteiger partial charge in [0.1, 0.15) is 18.4 Å². The van der Waals surface area contributed by atoms with Crippen LogP contribution in [0.15, 0.2) is 24.3 Å². The molecule has 0 bridgehead atoms. The third-order valence-corrected chi connectivity index (χ3v) is 6.02. The number of hydrogen-bond donors (Lipinski definition) is 1. The van der Waals surface area contributed by atoms with Gasteiger partial charge in [-0.2, -0.15) is 13.2 Å². The molecule has 2 aliphatic rings. The average Bonchev–Trinajstić information content (AvgIpc) is 2.72. The van der Waals surface area contributed by atoms with Crippen LogP contribution in [0.4, 0.5) is 13.2 Å². The van der Waals surface area contributed by atoms with Crippen LogP contribution in [-0.4, -0.2) is 73.3 Å². The molecule has 1 aromatic carbocycles. The largest absolute Gasteiger partial charge is 0.492 e. The first-order valence-electron chi connectivity index (χ1n) is 10.3. The molecule has 0 saturated carbocycles. The van der Waals surface area contributed by atoms with Gasteiger partial charge < -0.3 is 15.0 Å². The summed E-state index contributed by atoms with van der Waals surface area (Å²) in [6, 6.07) is 6.26. The van der Waals surface area contributed by atoms with Crippen molar-refractivity contribution in [2.75, 3.05) is 39.3 Å². The van der Waals surface area contributed by atoms with E-state index in [9.17, 15) is 18.0 Å². The Morgan fingerprint density at radius 3 is 2.45 bits per heavy atom. The quantitative estimate of drug-likeness (QED) is 0.806. The van der Waals surface area contributed by atoms with Crippen molar-refractivity contribution in [3.8, 4) is 5.75 Å². The van der Waals surface area contributed by atoms with Crippen LogP contribution in [-0.2, 0) is 4.79 Å². The van der Waals surface area contributed by atoms with E-state index in [0.717, 1.165) is 37.5 Å². The second-order valence-corrected chi connectivity index (χ2v) is 8.04. The molecule has 0 aromatic heterocycles. The molecular weight excluding hydrogens is 383 g/mol. The van der Waals surface area contributed by atoms with Gasteiger partial charge in [-0.15, -0.1) is 0 Å². The number of benzene rings is 1. The summed E-state index contributed by atoms with van der Waals surface area (Å²) < 4.78 is 44.8. The number of carbonyl (C=O) groups excluding carboxylic acids is 1. The summed E-state index contributed by atoms with van der Waals surface area (Å²) >= 11 is 0. The molecule has 3 rings (SSSR count). The van der Waals surface area contributed by atoms with Crippen molar-refractivity contribution in [3.63, 3.8) is 0 Å². The molecule has 1 amide bonds. The Balaban J connectivity index is 1.47. The van der Waals surface area contributed by atoms with Crippen molar-refractivity contribution < 1.29 is 22.7 Å². The number of rotatable bonds is 5. The number of amides is 1. The number of halogens is 3. The molecule has 2 heterocycles. The Kier molecular flexibility index (Phi) is 7.05. The lowest BCUT2D eigenvalue weighted by molar-refractivity contribution is -0.161. The van der Waals surface area contributed by atoms with E-state index in [1.807, 2.05) is 29.2 Å². The molecule has 0 spiro atoms. The van der Waals surface area contributed by atoms with E-state index in [0.29, 0.717) is 19.6 Å². The van der Waals surface area contributed by atoms with Gasteiger partial charge in [0.05, 0.1) is 0 Å². The van der Waals surface area contributed by atoms with Gasteiger partial charge in [-0.05, 0) is 49.9 Å². The number of carbonyl (C=O) groups is 1. The molecule has 0 radical (unpaired) electrons. The number of piperazine rings is 1. The highest BCUT2D eigenvalue weighted by Crippen LogP contribution is 2.34. The summed E-state index contributed by atoms with van der Waals surface area (Å²) in [5, 5.41) is 2.57. The van der Waals surface area contributed by atoms with Crippen LogP contribution in [0, 0.1) is 0 Å². The van der Waals surface area contributed by atoms with E-state index in [1.54, 1.807) is 6.92 Å². The highest BCUT2D eigenvalue weighted by Gasteiger charge is 2.42. The molecule has 162 valence electrons. The van der Waals surface area contributed by atoms with Gasteiger partial charge in [0.2, 0.25) is 5.91 Å². The van der Waals surface area contributed by atoms with E-state index in [1.165, 1.54) is 0 Å². The molecule has 2 saturated heterocycles. The SMILES string of the molecule is CC(=O)N1CCN(C(C)COc2ccc(C3CCNC(C(F)(F)F)C3)cc2)CC1. The highest BCUT2D eigenvalue weighted by atomic mass is 19.4. The fraction of sp³-hybridized carbons (Fsp3) is 0.667. The maximum Gasteiger partial charge on any atom is 0.403 e. The molecule has 3 unspecified atom stereocenters. The number of nitrogens with one attached hydrogen (secondary N) is 1. The Hall–Kier alpha value is -1.80. The lowest BCUT2D eigenvalue weighted by Crippen LogP contribution is -2.52. The number of ether oxygens (including phenoxy) is 1. The molecule has 5 nitrogen and oxygen atoms in total. The highest BCUT2D eigenvalue weighted by molar-refractivity contribution is 5.73. The van der Waals surface area contributed by atoms with Crippen molar-refractivity contribution in [1.82, 2.24) is 15.1 Å². The molecular formula is C21H30F3N3O2. The maximum atomic E-state index is 13.0. The minimum absolute atomic E-state index is 0.0764. The summed E-state index contributed by atoms with van der Waals surface area (Å²) in [7, 11) is 0. The zero-order valence-corrected chi connectivity index (χ0v) is 17.0. The number of alkyl halides is 3. The topological polar surface area (TPSA) is 44.8 Å². The standard InChI is InChI=1S/C21H30F3N3O2/c1-15(26-9-11-27(12-10-26)16(2)28)14-29-19-5-3-17(4-6-19)18-7-8-25-20(13-18)21(22,23)24/h3-6,15,18,20,25H,7-14H2,1-2H3. The normalized spacial score (nSPS) is 24.9. The Bertz CT molecular complexity index is 673. The van der Waals surface area contributed by atoms with Crippen molar-refractivity contribution in [3.05, 3.63) is 29.8 Å². The molecule has 1 N–H and O–H groups in total. The minimum Gasteiger partial charge on any atom is -0.492 e. The van der Waals surface area contributed by atoms with Crippen LogP contribution in [0.2, 0.25) is 0 Å². The maximum absolute atomic E-state index is 13.0. The van der Waals surface area contributed by atoms with Gasteiger partial charge in [-0.25, -0.2) is 0 Å². The van der Waals surface area contributed by atoms with Crippen LogP contribution in [0.5, 0.6) is 5.75 Å². The minimum atomic E-state index is -4.20. The first kappa shape index (κ1) is 21.9. The zero-order valence-electron chi connectivity index (χ0n) is 17.0. The van der Waals surface area contributed by atoms with E-state index >= 15 is 0 Å².